The van der Waals surface area contributed by atoms with Gasteiger partial charge in [0.25, 0.3) is 0 Å². The van der Waals surface area contributed by atoms with E-state index in [2.05, 4.69) is 0 Å². The Morgan fingerprint density at radius 3 is 2.06 bits per heavy atom. The highest BCUT2D eigenvalue weighted by Crippen LogP contribution is 2.61. The summed E-state index contributed by atoms with van der Waals surface area (Å²) in [5.41, 5.74) is 7.71. The molecule has 1 spiro atoms. The monoisotopic (exact) mass is 283 g/mol. The molecule has 0 aliphatic heterocycles. The number of hydrogen-bond acceptors (Lipinski definition) is 1. The first-order valence-corrected chi connectivity index (χ1v) is 7.54. The minimum absolute atomic E-state index is 0.299. The summed E-state index contributed by atoms with van der Waals surface area (Å²) < 4.78 is 0. The average molecular weight is 284 g/mol. The predicted molar refractivity (Wildman–Crippen MR) is 77.1 cm³/mol. The molecule has 0 amide bonds. The number of benzene rings is 1. The maximum atomic E-state index is 6.56. The lowest BCUT2D eigenvalue weighted by Gasteiger charge is -2.57. The lowest BCUT2D eigenvalue weighted by molar-refractivity contribution is -0.00978. The zero-order chi connectivity index (χ0) is 12.8. The first-order valence-electron chi connectivity index (χ1n) is 6.78. The Kier molecular flexibility index (Phi) is 3.12. The van der Waals surface area contributed by atoms with E-state index in [4.69, 9.17) is 28.9 Å². The van der Waals surface area contributed by atoms with Crippen LogP contribution in [0.3, 0.4) is 0 Å². The minimum Gasteiger partial charge on any atom is -0.321 e. The standard InChI is InChI=1S/C15H19Cl2N/c16-11-5-4-6-12(17)13(11)15(18)9-14(10-15)7-2-1-3-8-14/h4-6H,1-3,7-10,18H2. The molecule has 2 aliphatic carbocycles. The largest absolute Gasteiger partial charge is 0.321 e. The van der Waals surface area contributed by atoms with Crippen molar-refractivity contribution >= 4 is 23.2 Å². The second-order valence-electron chi connectivity index (χ2n) is 6.17. The second-order valence-corrected chi connectivity index (χ2v) is 6.98. The van der Waals surface area contributed by atoms with Crippen molar-refractivity contribution in [2.45, 2.75) is 50.5 Å². The van der Waals surface area contributed by atoms with Crippen LogP contribution < -0.4 is 5.73 Å². The first-order chi connectivity index (χ1) is 8.55. The van der Waals surface area contributed by atoms with Crippen LogP contribution in [0.5, 0.6) is 0 Å². The Morgan fingerprint density at radius 1 is 0.944 bits per heavy atom. The van der Waals surface area contributed by atoms with E-state index >= 15 is 0 Å². The molecule has 1 nitrogen and oxygen atoms in total. The van der Waals surface area contributed by atoms with Gasteiger partial charge >= 0.3 is 0 Å². The Hall–Kier alpha value is -0.240. The van der Waals surface area contributed by atoms with E-state index in [9.17, 15) is 0 Å². The van der Waals surface area contributed by atoms with Crippen LogP contribution in [0.25, 0.3) is 0 Å². The molecular formula is C15H19Cl2N. The molecule has 2 N–H and O–H groups in total. The summed E-state index contributed by atoms with van der Waals surface area (Å²) in [5.74, 6) is 0. The van der Waals surface area contributed by atoms with Crippen molar-refractivity contribution in [3.63, 3.8) is 0 Å². The molecule has 3 heteroatoms. The highest BCUT2D eigenvalue weighted by atomic mass is 35.5. The van der Waals surface area contributed by atoms with E-state index in [0.717, 1.165) is 28.5 Å². The Morgan fingerprint density at radius 2 is 1.50 bits per heavy atom. The third-order valence-corrected chi connectivity index (χ3v) is 5.39. The van der Waals surface area contributed by atoms with Gasteiger partial charge in [0.1, 0.15) is 0 Å². The summed E-state index contributed by atoms with van der Waals surface area (Å²) in [7, 11) is 0. The molecule has 0 saturated heterocycles. The molecule has 0 atom stereocenters. The van der Waals surface area contributed by atoms with Crippen molar-refractivity contribution in [3.8, 4) is 0 Å². The SMILES string of the molecule is NC1(c2c(Cl)cccc2Cl)CC2(CCCCC2)C1. The molecule has 2 fully saturated rings. The maximum absolute atomic E-state index is 6.56. The molecule has 0 unspecified atom stereocenters. The molecule has 0 radical (unpaired) electrons. The quantitative estimate of drug-likeness (QED) is 0.780. The van der Waals surface area contributed by atoms with Gasteiger partial charge in [-0.2, -0.15) is 0 Å². The fraction of sp³-hybridized carbons (Fsp3) is 0.600. The van der Waals surface area contributed by atoms with Crippen LogP contribution in [0, 0.1) is 5.41 Å². The number of rotatable bonds is 1. The Labute approximate surface area is 119 Å². The van der Waals surface area contributed by atoms with Crippen molar-refractivity contribution in [2.75, 3.05) is 0 Å². The van der Waals surface area contributed by atoms with Gasteiger partial charge < -0.3 is 5.73 Å². The molecule has 2 saturated carbocycles. The predicted octanol–water partition coefficient (Wildman–Crippen LogP) is 4.89. The van der Waals surface area contributed by atoms with Crippen LogP contribution in [0.2, 0.25) is 10.0 Å². The summed E-state index contributed by atoms with van der Waals surface area (Å²) in [6, 6.07) is 5.67. The molecule has 1 aromatic rings. The number of halogens is 2. The zero-order valence-corrected chi connectivity index (χ0v) is 12.0. The van der Waals surface area contributed by atoms with Gasteiger partial charge in [0.05, 0.1) is 0 Å². The van der Waals surface area contributed by atoms with Gasteiger partial charge in [-0.3, -0.25) is 0 Å². The highest BCUT2D eigenvalue weighted by Gasteiger charge is 2.54. The van der Waals surface area contributed by atoms with E-state index in [1.807, 2.05) is 18.2 Å². The van der Waals surface area contributed by atoms with Crippen LogP contribution in [-0.4, -0.2) is 0 Å². The maximum Gasteiger partial charge on any atom is 0.0471 e. The number of hydrogen-bond donors (Lipinski definition) is 1. The zero-order valence-electron chi connectivity index (χ0n) is 10.5. The lowest BCUT2D eigenvalue weighted by Crippen LogP contribution is -2.56. The van der Waals surface area contributed by atoms with Crippen molar-refractivity contribution in [2.24, 2.45) is 11.1 Å². The van der Waals surface area contributed by atoms with Crippen LogP contribution in [0.1, 0.15) is 50.5 Å². The van der Waals surface area contributed by atoms with Gasteiger partial charge in [-0.05, 0) is 43.2 Å². The third-order valence-electron chi connectivity index (χ3n) is 4.76. The van der Waals surface area contributed by atoms with Crippen molar-refractivity contribution < 1.29 is 0 Å². The third kappa shape index (κ3) is 1.97. The van der Waals surface area contributed by atoms with Crippen LogP contribution in [0.15, 0.2) is 18.2 Å². The van der Waals surface area contributed by atoms with Crippen LogP contribution in [0.4, 0.5) is 0 Å². The second kappa shape index (κ2) is 4.40. The van der Waals surface area contributed by atoms with E-state index in [0.29, 0.717) is 5.41 Å². The van der Waals surface area contributed by atoms with Gasteiger partial charge in [0.2, 0.25) is 0 Å². The van der Waals surface area contributed by atoms with Crippen LogP contribution >= 0.6 is 23.2 Å². The lowest BCUT2D eigenvalue weighted by atomic mass is 9.51. The van der Waals surface area contributed by atoms with Crippen molar-refractivity contribution in [1.29, 1.82) is 0 Å². The summed E-state index contributed by atoms with van der Waals surface area (Å²) >= 11 is 12.6. The van der Waals surface area contributed by atoms with Gasteiger partial charge in [-0.15, -0.1) is 0 Å². The molecule has 0 aromatic heterocycles. The molecular weight excluding hydrogens is 265 g/mol. The summed E-state index contributed by atoms with van der Waals surface area (Å²) in [5, 5.41) is 1.44. The molecule has 0 bridgehead atoms. The van der Waals surface area contributed by atoms with E-state index in [-0.39, 0.29) is 5.54 Å². The molecule has 18 heavy (non-hydrogen) atoms. The van der Waals surface area contributed by atoms with E-state index in [1.54, 1.807) is 0 Å². The summed E-state index contributed by atoms with van der Waals surface area (Å²) in [6.07, 6.45) is 8.83. The van der Waals surface area contributed by atoms with Gasteiger partial charge in [0, 0.05) is 21.1 Å². The van der Waals surface area contributed by atoms with E-state index < -0.39 is 0 Å². The molecule has 98 valence electrons. The van der Waals surface area contributed by atoms with Gasteiger partial charge in [0.15, 0.2) is 0 Å². The molecule has 3 rings (SSSR count). The minimum atomic E-state index is -0.299. The topological polar surface area (TPSA) is 26.0 Å². The first kappa shape index (κ1) is 12.8. The average Bonchev–Trinajstić information content (AvgIpc) is 2.28. The van der Waals surface area contributed by atoms with Crippen molar-refractivity contribution in [1.82, 2.24) is 0 Å². The highest BCUT2D eigenvalue weighted by molar-refractivity contribution is 6.36. The molecule has 0 heterocycles. The summed E-state index contributed by atoms with van der Waals surface area (Å²) in [4.78, 5) is 0. The van der Waals surface area contributed by atoms with Gasteiger partial charge in [-0.25, -0.2) is 0 Å². The normalized spacial score (nSPS) is 24.8. The number of nitrogens with two attached hydrogens (primary N) is 1. The van der Waals surface area contributed by atoms with Gasteiger partial charge in [-0.1, -0.05) is 48.5 Å². The van der Waals surface area contributed by atoms with E-state index in [1.165, 1.54) is 32.1 Å². The molecule has 1 aromatic carbocycles. The summed E-state index contributed by atoms with van der Waals surface area (Å²) in [6.45, 7) is 0. The smallest absolute Gasteiger partial charge is 0.0471 e. The Bertz CT molecular complexity index is 435. The fourth-order valence-electron chi connectivity index (χ4n) is 4.09. The Balaban J connectivity index is 1.86. The fourth-order valence-corrected chi connectivity index (χ4v) is 4.87. The molecule has 2 aliphatic rings. The van der Waals surface area contributed by atoms with Crippen molar-refractivity contribution in [3.05, 3.63) is 33.8 Å². The van der Waals surface area contributed by atoms with Crippen LogP contribution in [-0.2, 0) is 5.54 Å².